The van der Waals surface area contributed by atoms with E-state index in [9.17, 15) is 14.7 Å². The maximum Gasteiger partial charge on any atom is 0.337 e. The summed E-state index contributed by atoms with van der Waals surface area (Å²) >= 11 is 5.92. The van der Waals surface area contributed by atoms with E-state index in [0.29, 0.717) is 10.6 Å². The Kier molecular flexibility index (Phi) is 5.98. The fourth-order valence-electron chi connectivity index (χ4n) is 3.14. The highest BCUT2D eigenvalue weighted by molar-refractivity contribution is 6.31. The number of carbonyl (C=O) groups is 2. The van der Waals surface area contributed by atoms with Crippen LogP contribution in [0.2, 0.25) is 5.02 Å². The second-order valence-corrected chi connectivity index (χ2v) is 7.08. The first kappa shape index (κ1) is 19.2. The minimum Gasteiger partial charge on any atom is -0.478 e. The van der Waals surface area contributed by atoms with Crippen molar-refractivity contribution in [2.24, 2.45) is 0 Å². The number of aromatic carboxylic acids is 1. The van der Waals surface area contributed by atoms with Crippen molar-refractivity contribution in [1.82, 2.24) is 4.90 Å². The zero-order valence-corrected chi connectivity index (χ0v) is 15.9. The standard InChI is InChI=1S/C20H22ClN3O3/c1-23-8-3-9-24(11-10-23)16-6-7-18(17(13-16)20(26)27)22-19(25)14-4-2-5-15(21)12-14/h2,4-7,12-13H,3,8-11H2,1H3,(H,22,25)(H,26,27). The third-order valence-corrected chi connectivity index (χ3v) is 4.89. The first-order valence-corrected chi connectivity index (χ1v) is 9.19. The van der Waals surface area contributed by atoms with Crippen molar-refractivity contribution in [3.63, 3.8) is 0 Å². The Hall–Kier alpha value is -2.57. The van der Waals surface area contributed by atoms with Crippen LogP contribution in [0.3, 0.4) is 0 Å². The average Bonchev–Trinajstić information content (AvgIpc) is 2.86. The Morgan fingerprint density at radius 3 is 2.63 bits per heavy atom. The maximum absolute atomic E-state index is 12.4. The zero-order chi connectivity index (χ0) is 19.4. The molecule has 1 amide bonds. The second-order valence-electron chi connectivity index (χ2n) is 6.64. The molecule has 27 heavy (non-hydrogen) atoms. The fraction of sp³-hybridized carbons (Fsp3) is 0.300. The number of amides is 1. The Morgan fingerprint density at radius 2 is 1.89 bits per heavy atom. The highest BCUT2D eigenvalue weighted by atomic mass is 35.5. The molecule has 2 aromatic rings. The lowest BCUT2D eigenvalue weighted by Crippen LogP contribution is -2.29. The second kappa shape index (κ2) is 8.41. The zero-order valence-electron chi connectivity index (χ0n) is 15.1. The number of anilines is 2. The van der Waals surface area contributed by atoms with Crippen molar-refractivity contribution in [2.45, 2.75) is 6.42 Å². The van der Waals surface area contributed by atoms with Crippen LogP contribution in [0.1, 0.15) is 27.1 Å². The number of likely N-dealkylation sites (N-methyl/N-ethyl adjacent to an activating group) is 1. The van der Waals surface area contributed by atoms with Gasteiger partial charge in [0.15, 0.2) is 0 Å². The number of hydrogen-bond acceptors (Lipinski definition) is 4. The quantitative estimate of drug-likeness (QED) is 0.840. The first-order valence-electron chi connectivity index (χ1n) is 8.82. The summed E-state index contributed by atoms with van der Waals surface area (Å²) in [7, 11) is 2.08. The van der Waals surface area contributed by atoms with Gasteiger partial charge >= 0.3 is 5.97 Å². The van der Waals surface area contributed by atoms with Gasteiger partial charge in [0.1, 0.15) is 0 Å². The molecule has 1 saturated heterocycles. The van der Waals surface area contributed by atoms with Crippen LogP contribution >= 0.6 is 11.6 Å². The number of benzene rings is 2. The summed E-state index contributed by atoms with van der Waals surface area (Å²) < 4.78 is 0. The van der Waals surface area contributed by atoms with Gasteiger partial charge in [0, 0.05) is 35.9 Å². The number of halogens is 1. The van der Waals surface area contributed by atoms with Gasteiger partial charge in [0.25, 0.3) is 5.91 Å². The number of nitrogens with one attached hydrogen (secondary N) is 1. The summed E-state index contributed by atoms with van der Waals surface area (Å²) in [5, 5.41) is 12.7. The number of nitrogens with zero attached hydrogens (tertiary/aromatic N) is 2. The van der Waals surface area contributed by atoms with Crippen molar-refractivity contribution in [2.75, 3.05) is 43.4 Å². The molecular weight excluding hydrogens is 366 g/mol. The Morgan fingerprint density at radius 1 is 1.07 bits per heavy atom. The Labute approximate surface area is 163 Å². The van der Waals surface area contributed by atoms with E-state index in [2.05, 4.69) is 22.2 Å². The van der Waals surface area contributed by atoms with Gasteiger partial charge in [-0.15, -0.1) is 0 Å². The molecule has 1 aliphatic heterocycles. The van der Waals surface area contributed by atoms with Gasteiger partial charge in [-0.1, -0.05) is 17.7 Å². The van der Waals surface area contributed by atoms with Gasteiger partial charge in [0.2, 0.25) is 0 Å². The van der Waals surface area contributed by atoms with Crippen LogP contribution in [0.4, 0.5) is 11.4 Å². The van der Waals surface area contributed by atoms with E-state index in [-0.39, 0.29) is 11.3 Å². The largest absolute Gasteiger partial charge is 0.478 e. The number of carbonyl (C=O) groups excluding carboxylic acids is 1. The third-order valence-electron chi connectivity index (χ3n) is 4.65. The van der Waals surface area contributed by atoms with Gasteiger partial charge in [0.05, 0.1) is 11.3 Å². The number of hydrogen-bond donors (Lipinski definition) is 2. The maximum atomic E-state index is 12.4. The molecule has 0 saturated carbocycles. The van der Waals surface area contributed by atoms with Crippen LogP contribution in [0.15, 0.2) is 42.5 Å². The van der Waals surface area contributed by atoms with E-state index in [1.807, 2.05) is 6.07 Å². The summed E-state index contributed by atoms with van der Waals surface area (Å²) in [5.74, 6) is -1.48. The molecule has 0 unspecified atom stereocenters. The normalized spacial score (nSPS) is 15.3. The van der Waals surface area contributed by atoms with Crippen molar-refractivity contribution in [3.05, 3.63) is 58.6 Å². The molecule has 1 aliphatic rings. The lowest BCUT2D eigenvalue weighted by Gasteiger charge is -2.24. The highest BCUT2D eigenvalue weighted by Gasteiger charge is 2.18. The molecule has 0 spiro atoms. The molecule has 0 bridgehead atoms. The first-order chi connectivity index (χ1) is 12.9. The molecule has 0 radical (unpaired) electrons. The summed E-state index contributed by atoms with van der Waals surface area (Å²) in [4.78, 5) is 28.6. The lowest BCUT2D eigenvalue weighted by molar-refractivity contribution is 0.0698. The van der Waals surface area contributed by atoms with Crippen LogP contribution in [-0.4, -0.2) is 55.1 Å². The molecular formula is C20H22ClN3O3. The van der Waals surface area contributed by atoms with E-state index in [1.165, 1.54) is 0 Å². The van der Waals surface area contributed by atoms with Gasteiger partial charge < -0.3 is 20.2 Å². The summed E-state index contributed by atoms with van der Waals surface area (Å²) in [6, 6.07) is 11.6. The van der Waals surface area contributed by atoms with Gasteiger partial charge in [-0.25, -0.2) is 4.79 Å². The molecule has 0 aliphatic carbocycles. The highest BCUT2D eigenvalue weighted by Crippen LogP contribution is 2.25. The predicted octanol–water partition coefficient (Wildman–Crippen LogP) is 3.43. The number of carboxylic acid groups (broad SMARTS) is 1. The predicted molar refractivity (Wildman–Crippen MR) is 107 cm³/mol. The third kappa shape index (κ3) is 4.78. The molecule has 1 fully saturated rings. The average molecular weight is 388 g/mol. The fourth-order valence-corrected chi connectivity index (χ4v) is 3.33. The SMILES string of the molecule is CN1CCCN(c2ccc(NC(=O)c3cccc(Cl)c3)c(C(=O)O)c2)CC1. The smallest absolute Gasteiger partial charge is 0.337 e. The topological polar surface area (TPSA) is 72.9 Å². The van der Waals surface area contributed by atoms with Gasteiger partial charge in [-0.3, -0.25) is 4.79 Å². The minimum atomic E-state index is -1.08. The van der Waals surface area contributed by atoms with Crippen molar-refractivity contribution in [3.8, 4) is 0 Å². The summed E-state index contributed by atoms with van der Waals surface area (Å²) in [6.07, 6.45) is 1.02. The van der Waals surface area contributed by atoms with Crippen molar-refractivity contribution >= 4 is 34.9 Å². The van der Waals surface area contributed by atoms with E-state index in [0.717, 1.165) is 38.3 Å². The monoisotopic (exact) mass is 387 g/mol. The Balaban J connectivity index is 1.83. The van der Waals surface area contributed by atoms with E-state index < -0.39 is 11.9 Å². The summed E-state index contributed by atoms with van der Waals surface area (Å²) in [6.45, 7) is 3.66. The molecule has 142 valence electrons. The van der Waals surface area contributed by atoms with E-state index >= 15 is 0 Å². The molecule has 2 aromatic carbocycles. The molecule has 7 heteroatoms. The number of carboxylic acids is 1. The van der Waals surface area contributed by atoms with Crippen LogP contribution < -0.4 is 10.2 Å². The summed E-state index contributed by atoms with van der Waals surface area (Å²) in [5.41, 5.74) is 1.56. The van der Waals surface area contributed by atoms with E-state index in [1.54, 1.807) is 36.4 Å². The Bertz CT molecular complexity index is 856. The van der Waals surface area contributed by atoms with E-state index in [4.69, 9.17) is 11.6 Å². The molecule has 3 rings (SSSR count). The van der Waals surface area contributed by atoms with Gasteiger partial charge in [-0.05, 0) is 56.4 Å². The van der Waals surface area contributed by atoms with Gasteiger partial charge in [-0.2, -0.15) is 0 Å². The lowest BCUT2D eigenvalue weighted by atomic mass is 10.1. The minimum absolute atomic E-state index is 0.0699. The van der Waals surface area contributed by atoms with Crippen LogP contribution in [0.25, 0.3) is 0 Å². The van der Waals surface area contributed by atoms with Crippen LogP contribution in [-0.2, 0) is 0 Å². The number of rotatable bonds is 4. The molecule has 2 N–H and O–H groups in total. The molecule has 0 atom stereocenters. The molecule has 6 nitrogen and oxygen atoms in total. The molecule has 0 aromatic heterocycles. The van der Waals surface area contributed by atoms with Crippen LogP contribution in [0.5, 0.6) is 0 Å². The van der Waals surface area contributed by atoms with Crippen molar-refractivity contribution < 1.29 is 14.7 Å². The van der Waals surface area contributed by atoms with Crippen LogP contribution in [0, 0.1) is 0 Å². The van der Waals surface area contributed by atoms with Crippen molar-refractivity contribution in [1.29, 1.82) is 0 Å². The molecule has 1 heterocycles.